The van der Waals surface area contributed by atoms with Gasteiger partial charge in [0.1, 0.15) is 5.82 Å². The molecule has 3 heteroatoms. The second-order valence-corrected chi connectivity index (χ2v) is 5.39. The largest absolute Gasteiger partial charge is 0.342 e. The SMILES string of the molecule is C=CCC(CC=C)(NC(=O)c1ccc(F)cc1)c1ccccc1. The summed E-state index contributed by atoms with van der Waals surface area (Å²) in [5, 5.41) is 3.08. The lowest BCUT2D eigenvalue weighted by Crippen LogP contribution is -2.45. The molecule has 2 aromatic rings. The van der Waals surface area contributed by atoms with Crippen LogP contribution < -0.4 is 5.32 Å². The topological polar surface area (TPSA) is 29.1 Å². The summed E-state index contributed by atoms with van der Waals surface area (Å²) in [5.41, 5.74) is 0.783. The summed E-state index contributed by atoms with van der Waals surface area (Å²) in [6.45, 7) is 7.62. The molecule has 0 radical (unpaired) electrons. The summed E-state index contributed by atoms with van der Waals surface area (Å²) >= 11 is 0. The molecule has 0 bridgehead atoms. The van der Waals surface area contributed by atoms with Crippen molar-refractivity contribution in [3.8, 4) is 0 Å². The van der Waals surface area contributed by atoms with Crippen LogP contribution in [0.4, 0.5) is 4.39 Å². The fourth-order valence-corrected chi connectivity index (χ4v) is 2.63. The first-order valence-corrected chi connectivity index (χ1v) is 7.47. The number of hydrogen-bond donors (Lipinski definition) is 1. The second kappa shape index (κ2) is 7.54. The minimum atomic E-state index is -0.615. The van der Waals surface area contributed by atoms with Crippen molar-refractivity contribution in [2.75, 3.05) is 0 Å². The molecule has 0 aliphatic heterocycles. The van der Waals surface area contributed by atoms with Gasteiger partial charge in [-0.25, -0.2) is 4.39 Å². The molecule has 23 heavy (non-hydrogen) atoms. The number of rotatable bonds is 7. The van der Waals surface area contributed by atoms with Crippen LogP contribution in [0.5, 0.6) is 0 Å². The van der Waals surface area contributed by atoms with Crippen LogP contribution in [0.15, 0.2) is 79.9 Å². The number of carbonyl (C=O) groups excluding carboxylic acids is 1. The zero-order valence-electron chi connectivity index (χ0n) is 13.0. The van der Waals surface area contributed by atoms with Crippen molar-refractivity contribution in [2.24, 2.45) is 0 Å². The van der Waals surface area contributed by atoms with Crippen molar-refractivity contribution in [1.29, 1.82) is 0 Å². The highest BCUT2D eigenvalue weighted by Crippen LogP contribution is 2.30. The number of benzene rings is 2. The molecule has 0 atom stereocenters. The van der Waals surface area contributed by atoms with Gasteiger partial charge >= 0.3 is 0 Å². The minimum Gasteiger partial charge on any atom is -0.342 e. The van der Waals surface area contributed by atoms with Crippen molar-refractivity contribution < 1.29 is 9.18 Å². The lowest BCUT2D eigenvalue weighted by atomic mass is 9.83. The predicted molar refractivity (Wildman–Crippen MR) is 91.6 cm³/mol. The molecule has 0 spiro atoms. The summed E-state index contributed by atoms with van der Waals surface area (Å²) < 4.78 is 13.0. The average molecular weight is 309 g/mol. The Bertz CT molecular complexity index is 667. The van der Waals surface area contributed by atoms with E-state index in [1.165, 1.54) is 24.3 Å². The van der Waals surface area contributed by atoms with Gasteiger partial charge in [-0.15, -0.1) is 13.2 Å². The Morgan fingerprint density at radius 3 is 2.09 bits per heavy atom. The van der Waals surface area contributed by atoms with E-state index in [-0.39, 0.29) is 11.7 Å². The van der Waals surface area contributed by atoms with Gasteiger partial charge in [0.2, 0.25) is 0 Å². The molecule has 2 nitrogen and oxygen atoms in total. The van der Waals surface area contributed by atoms with Gasteiger partial charge in [0.25, 0.3) is 5.91 Å². The molecule has 118 valence electrons. The monoisotopic (exact) mass is 309 g/mol. The fourth-order valence-electron chi connectivity index (χ4n) is 2.63. The Morgan fingerprint density at radius 2 is 1.57 bits per heavy atom. The summed E-state index contributed by atoms with van der Waals surface area (Å²) in [4.78, 5) is 12.6. The van der Waals surface area contributed by atoms with Crippen molar-refractivity contribution in [3.05, 3.63) is 96.9 Å². The maximum absolute atomic E-state index is 13.0. The van der Waals surface area contributed by atoms with Gasteiger partial charge in [-0.3, -0.25) is 4.79 Å². The molecule has 0 saturated heterocycles. The normalized spacial score (nSPS) is 10.8. The Hall–Kier alpha value is -2.68. The van der Waals surface area contributed by atoms with Gasteiger partial charge in [-0.2, -0.15) is 0 Å². The number of halogens is 1. The van der Waals surface area contributed by atoms with E-state index in [2.05, 4.69) is 18.5 Å². The van der Waals surface area contributed by atoms with Gasteiger partial charge in [0.05, 0.1) is 5.54 Å². The van der Waals surface area contributed by atoms with Crippen LogP contribution in [-0.2, 0) is 5.54 Å². The van der Waals surface area contributed by atoms with Gasteiger partial charge in [0.15, 0.2) is 0 Å². The van der Waals surface area contributed by atoms with E-state index in [1.54, 1.807) is 12.2 Å². The third-order valence-electron chi connectivity index (χ3n) is 3.77. The zero-order chi connectivity index (χ0) is 16.7. The first-order chi connectivity index (χ1) is 11.1. The Labute approximate surface area is 136 Å². The smallest absolute Gasteiger partial charge is 0.251 e. The molecule has 1 amide bonds. The van der Waals surface area contributed by atoms with E-state index in [4.69, 9.17) is 0 Å². The molecule has 2 aromatic carbocycles. The van der Waals surface area contributed by atoms with Crippen LogP contribution >= 0.6 is 0 Å². The van der Waals surface area contributed by atoms with Crippen molar-refractivity contribution in [1.82, 2.24) is 5.32 Å². The molecule has 0 aromatic heterocycles. The quantitative estimate of drug-likeness (QED) is 0.744. The first kappa shape index (κ1) is 16.7. The minimum absolute atomic E-state index is 0.252. The van der Waals surface area contributed by atoms with Crippen molar-refractivity contribution >= 4 is 5.91 Å². The molecular weight excluding hydrogens is 289 g/mol. The maximum Gasteiger partial charge on any atom is 0.251 e. The van der Waals surface area contributed by atoms with E-state index in [9.17, 15) is 9.18 Å². The maximum atomic E-state index is 13.0. The zero-order valence-corrected chi connectivity index (χ0v) is 13.0. The van der Waals surface area contributed by atoms with Gasteiger partial charge in [-0.05, 0) is 42.7 Å². The van der Waals surface area contributed by atoms with Gasteiger partial charge in [-0.1, -0.05) is 42.5 Å². The summed E-state index contributed by atoms with van der Waals surface area (Å²) in [5.74, 6) is -0.620. The van der Waals surface area contributed by atoms with Crippen LogP contribution in [0.25, 0.3) is 0 Å². The second-order valence-electron chi connectivity index (χ2n) is 5.39. The van der Waals surface area contributed by atoms with Crippen LogP contribution in [-0.4, -0.2) is 5.91 Å². The van der Waals surface area contributed by atoms with Crippen LogP contribution in [0.2, 0.25) is 0 Å². The summed E-state index contributed by atoms with van der Waals surface area (Å²) in [6, 6.07) is 15.2. The van der Waals surface area contributed by atoms with E-state index in [1.807, 2.05) is 30.3 Å². The lowest BCUT2D eigenvalue weighted by Gasteiger charge is -2.34. The highest BCUT2D eigenvalue weighted by molar-refractivity contribution is 5.94. The molecule has 0 aliphatic rings. The molecular formula is C20H20FNO. The lowest BCUT2D eigenvalue weighted by molar-refractivity contribution is 0.0897. The number of nitrogens with one attached hydrogen (secondary N) is 1. The highest BCUT2D eigenvalue weighted by atomic mass is 19.1. The fraction of sp³-hybridized carbons (Fsp3) is 0.150. The van der Waals surface area contributed by atoms with Crippen molar-refractivity contribution in [2.45, 2.75) is 18.4 Å². The Balaban J connectivity index is 2.37. The van der Waals surface area contributed by atoms with Crippen molar-refractivity contribution in [3.63, 3.8) is 0 Å². The summed E-state index contributed by atoms with van der Waals surface area (Å²) in [6.07, 6.45) is 4.69. The van der Waals surface area contributed by atoms with E-state index in [0.717, 1.165) is 5.56 Å². The Kier molecular flexibility index (Phi) is 5.47. The van der Waals surface area contributed by atoms with E-state index >= 15 is 0 Å². The van der Waals surface area contributed by atoms with Gasteiger partial charge in [0, 0.05) is 5.56 Å². The Morgan fingerprint density at radius 1 is 1.00 bits per heavy atom. The molecule has 2 rings (SSSR count). The molecule has 0 saturated carbocycles. The highest BCUT2D eigenvalue weighted by Gasteiger charge is 2.31. The molecule has 0 fully saturated rings. The molecule has 0 unspecified atom stereocenters. The first-order valence-electron chi connectivity index (χ1n) is 7.47. The third-order valence-corrected chi connectivity index (χ3v) is 3.77. The van der Waals surface area contributed by atoms with E-state index < -0.39 is 5.54 Å². The van der Waals surface area contributed by atoms with Crippen LogP contribution in [0, 0.1) is 5.82 Å². The molecule has 0 heterocycles. The molecule has 1 N–H and O–H groups in total. The standard InChI is InChI=1S/C20H20FNO/c1-3-14-20(15-4-2,17-8-6-5-7-9-17)22-19(23)16-10-12-18(21)13-11-16/h3-13H,1-2,14-15H2,(H,22,23). The third kappa shape index (κ3) is 3.95. The predicted octanol–water partition coefficient (Wildman–Crippen LogP) is 4.60. The number of amides is 1. The van der Waals surface area contributed by atoms with Crippen LogP contribution in [0.1, 0.15) is 28.8 Å². The van der Waals surface area contributed by atoms with Gasteiger partial charge < -0.3 is 5.32 Å². The molecule has 0 aliphatic carbocycles. The average Bonchev–Trinajstić information content (AvgIpc) is 2.56. The number of hydrogen-bond acceptors (Lipinski definition) is 1. The van der Waals surface area contributed by atoms with Crippen LogP contribution in [0.3, 0.4) is 0 Å². The van der Waals surface area contributed by atoms with E-state index in [0.29, 0.717) is 18.4 Å². The summed E-state index contributed by atoms with van der Waals surface area (Å²) in [7, 11) is 0. The number of carbonyl (C=O) groups is 1.